The van der Waals surface area contributed by atoms with Gasteiger partial charge in [-0.1, -0.05) is 17.3 Å². The molecular formula is C16H17N3O5S. The molecule has 0 unspecified atom stereocenters. The molecule has 9 heteroatoms. The number of furan rings is 1. The largest absolute Gasteiger partial charge is 0.496 e. The maximum absolute atomic E-state index is 12.3. The van der Waals surface area contributed by atoms with Crippen molar-refractivity contribution in [1.82, 2.24) is 14.4 Å². The summed E-state index contributed by atoms with van der Waals surface area (Å²) in [5.74, 6) is 1.44. The van der Waals surface area contributed by atoms with Gasteiger partial charge in [-0.2, -0.15) is 4.98 Å². The Labute approximate surface area is 145 Å². The van der Waals surface area contributed by atoms with Gasteiger partial charge in [0.1, 0.15) is 16.4 Å². The zero-order valence-corrected chi connectivity index (χ0v) is 15.0. The third-order valence-electron chi connectivity index (χ3n) is 3.62. The van der Waals surface area contributed by atoms with Crippen LogP contribution in [0.3, 0.4) is 0 Å². The molecule has 0 atom stereocenters. The molecule has 0 aliphatic rings. The molecule has 0 saturated heterocycles. The summed E-state index contributed by atoms with van der Waals surface area (Å²) < 4.78 is 41.7. The molecule has 0 amide bonds. The number of ether oxygens (including phenoxy) is 1. The van der Waals surface area contributed by atoms with Crippen molar-refractivity contribution < 1.29 is 22.1 Å². The molecule has 0 saturated carbocycles. The smallest absolute Gasteiger partial charge is 0.293 e. The first kappa shape index (κ1) is 17.2. The molecule has 8 nitrogen and oxygen atoms in total. The Morgan fingerprint density at radius 1 is 1.20 bits per heavy atom. The lowest BCUT2D eigenvalue weighted by molar-refractivity contribution is 0.408. The first-order valence-corrected chi connectivity index (χ1v) is 8.79. The molecule has 2 heterocycles. The summed E-state index contributed by atoms with van der Waals surface area (Å²) >= 11 is 0. The standard InChI is InChI=1S/C16H17N3O5S/c1-10-14(25(20,21)19(2)3)9-13(23-10)16-17-15(18-24-16)11-7-5-6-8-12(11)22-4/h5-9H,1-4H3. The Bertz CT molecular complexity index is 1000. The van der Waals surface area contributed by atoms with Gasteiger partial charge in [0.05, 0.1) is 12.7 Å². The number of benzene rings is 1. The van der Waals surface area contributed by atoms with E-state index in [-0.39, 0.29) is 22.3 Å². The van der Waals surface area contributed by atoms with Crippen molar-refractivity contribution in [2.75, 3.05) is 21.2 Å². The van der Waals surface area contributed by atoms with Crippen LogP contribution in [0.2, 0.25) is 0 Å². The summed E-state index contributed by atoms with van der Waals surface area (Å²) in [6, 6.07) is 8.61. The number of aryl methyl sites for hydroxylation is 1. The Morgan fingerprint density at radius 2 is 1.92 bits per heavy atom. The average Bonchev–Trinajstić information content (AvgIpc) is 3.21. The predicted molar refractivity (Wildman–Crippen MR) is 89.6 cm³/mol. The number of rotatable bonds is 5. The van der Waals surface area contributed by atoms with Crippen LogP contribution in [0, 0.1) is 6.92 Å². The highest BCUT2D eigenvalue weighted by atomic mass is 32.2. The molecule has 3 rings (SSSR count). The van der Waals surface area contributed by atoms with Crippen LogP contribution in [0.15, 0.2) is 44.2 Å². The second-order valence-corrected chi connectivity index (χ2v) is 7.56. The molecular weight excluding hydrogens is 346 g/mol. The molecule has 1 aromatic carbocycles. The number of hydrogen-bond acceptors (Lipinski definition) is 7. The van der Waals surface area contributed by atoms with E-state index in [2.05, 4.69) is 10.1 Å². The molecule has 0 fully saturated rings. The van der Waals surface area contributed by atoms with Crippen molar-refractivity contribution in [3.8, 4) is 28.8 Å². The second kappa shape index (κ2) is 6.34. The van der Waals surface area contributed by atoms with Crippen molar-refractivity contribution in [3.63, 3.8) is 0 Å². The van der Waals surface area contributed by atoms with Crippen LogP contribution < -0.4 is 4.74 Å². The van der Waals surface area contributed by atoms with E-state index in [1.807, 2.05) is 12.1 Å². The van der Waals surface area contributed by atoms with Crippen LogP contribution in [-0.2, 0) is 10.0 Å². The monoisotopic (exact) mass is 363 g/mol. The van der Waals surface area contributed by atoms with E-state index < -0.39 is 10.0 Å². The van der Waals surface area contributed by atoms with Crippen LogP contribution in [0.5, 0.6) is 5.75 Å². The van der Waals surface area contributed by atoms with Crippen LogP contribution >= 0.6 is 0 Å². The minimum Gasteiger partial charge on any atom is -0.496 e. The summed E-state index contributed by atoms with van der Waals surface area (Å²) in [6.07, 6.45) is 0. The van der Waals surface area contributed by atoms with Gasteiger partial charge in [-0.15, -0.1) is 0 Å². The van der Waals surface area contributed by atoms with Gasteiger partial charge in [0, 0.05) is 20.2 Å². The molecule has 3 aromatic rings. The van der Waals surface area contributed by atoms with E-state index in [1.165, 1.54) is 20.2 Å². The number of aromatic nitrogens is 2. The number of para-hydroxylation sites is 1. The topological polar surface area (TPSA) is 98.7 Å². The van der Waals surface area contributed by atoms with Crippen molar-refractivity contribution in [2.24, 2.45) is 0 Å². The number of methoxy groups -OCH3 is 1. The average molecular weight is 363 g/mol. The van der Waals surface area contributed by atoms with Gasteiger partial charge in [-0.3, -0.25) is 0 Å². The molecule has 0 N–H and O–H groups in total. The third-order valence-corrected chi connectivity index (χ3v) is 5.54. The Balaban J connectivity index is 2.02. The van der Waals surface area contributed by atoms with Crippen molar-refractivity contribution >= 4 is 10.0 Å². The van der Waals surface area contributed by atoms with E-state index in [9.17, 15) is 8.42 Å². The van der Waals surface area contributed by atoms with Gasteiger partial charge in [0.25, 0.3) is 5.89 Å². The molecule has 0 aliphatic carbocycles. The van der Waals surface area contributed by atoms with Crippen LogP contribution in [0.25, 0.3) is 23.0 Å². The van der Waals surface area contributed by atoms with E-state index in [1.54, 1.807) is 26.2 Å². The molecule has 0 radical (unpaired) electrons. The first-order chi connectivity index (χ1) is 11.8. The minimum atomic E-state index is -3.62. The lowest BCUT2D eigenvalue weighted by Crippen LogP contribution is -2.22. The van der Waals surface area contributed by atoms with Gasteiger partial charge in [0.2, 0.25) is 15.8 Å². The molecule has 0 spiro atoms. The fraction of sp³-hybridized carbons (Fsp3) is 0.250. The normalized spacial score (nSPS) is 11.9. The maximum atomic E-state index is 12.3. The Hall–Kier alpha value is -2.65. The quantitative estimate of drug-likeness (QED) is 0.687. The van der Waals surface area contributed by atoms with Crippen LogP contribution in [0.1, 0.15) is 5.76 Å². The second-order valence-electron chi connectivity index (χ2n) is 5.44. The van der Waals surface area contributed by atoms with Crippen molar-refractivity contribution in [2.45, 2.75) is 11.8 Å². The minimum absolute atomic E-state index is 0.0598. The lowest BCUT2D eigenvalue weighted by Gasteiger charge is -2.09. The summed E-state index contributed by atoms with van der Waals surface area (Å²) in [5.41, 5.74) is 0.657. The fourth-order valence-corrected chi connectivity index (χ4v) is 3.34. The fourth-order valence-electron chi connectivity index (χ4n) is 2.29. The maximum Gasteiger partial charge on any atom is 0.293 e. The highest BCUT2D eigenvalue weighted by Gasteiger charge is 2.26. The van der Waals surface area contributed by atoms with E-state index in [0.717, 1.165) is 4.31 Å². The highest BCUT2D eigenvalue weighted by Crippen LogP contribution is 2.32. The Morgan fingerprint density at radius 3 is 2.60 bits per heavy atom. The van der Waals surface area contributed by atoms with Gasteiger partial charge in [-0.05, 0) is 19.1 Å². The molecule has 25 heavy (non-hydrogen) atoms. The summed E-state index contributed by atoms with van der Waals surface area (Å²) in [7, 11) is 0.833. The molecule has 0 aliphatic heterocycles. The van der Waals surface area contributed by atoms with E-state index in [4.69, 9.17) is 13.7 Å². The lowest BCUT2D eigenvalue weighted by atomic mass is 10.2. The first-order valence-electron chi connectivity index (χ1n) is 7.35. The third kappa shape index (κ3) is 3.03. The number of sulfonamides is 1. The summed E-state index contributed by atoms with van der Waals surface area (Å²) in [5, 5.41) is 3.92. The predicted octanol–water partition coefficient (Wildman–Crippen LogP) is 2.56. The number of hydrogen-bond donors (Lipinski definition) is 0. The van der Waals surface area contributed by atoms with Crippen molar-refractivity contribution in [1.29, 1.82) is 0 Å². The summed E-state index contributed by atoms with van der Waals surface area (Å²) in [4.78, 5) is 4.34. The zero-order valence-electron chi connectivity index (χ0n) is 14.2. The van der Waals surface area contributed by atoms with E-state index in [0.29, 0.717) is 17.1 Å². The zero-order chi connectivity index (χ0) is 18.2. The van der Waals surface area contributed by atoms with Gasteiger partial charge >= 0.3 is 0 Å². The van der Waals surface area contributed by atoms with Crippen LogP contribution in [0.4, 0.5) is 0 Å². The highest BCUT2D eigenvalue weighted by molar-refractivity contribution is 7.89. The molecule has 132 valence electrons. The van der Waals surface area contributed by atoms with E-state index >= 15 is 0 Å². The molecule has 2 aromatic heterocycles. The van der Waals surface area contributed by atoms with Gasteiger partial charge < -0.3 is 13.7 Å². The van der Waals surface area contributed by atoms with Gasteiger partial charge in [-0.25, -0.2) is 12.7 Å². The molecule has 0 bridgehead atoms. The summed E-state index contributed by atoms with van der Waals surface area (Å²) in [6.45, 7) is 1.57. The van der Waals surface area contributed by atoms with Crippen LogP contribution in [-0.4, -0.2) is 44.1 Å². The number of nitrogens with zero attached hydrogens (tertiary/aromatic N) is 3. The van der Waals surface area contributed by atoms with Gasteiger partial charge in [0.15, 0.2) is 5.76 Å². The SMILES string of the molecule is COc1ccccc1-c1noc(-c2cc(S(=O)(=O)N(C)C)c(C)o2)n1. The Kier molecular flexibility index (Phi) is 4.36. The van der Waals surface area contributed by atoms with Crippen molar-refractivity contribution in [3.05, 3.63) is 36.1 Å².